The van der Waals surface area contributed by atoms with Crippen LogP contribution < -0.4 is 5.32 Å². The number of halogens is 1. The van der Waals surface area contributed by atoms with Gasteiger partial charge in [-0.05, 0) is 13.8 Å². The summed E-state index contributed by atoms with van der Waals surface area (Å²) in [5.74, 6) is 0.818. The Kier molecular flexibility index (Phi) is 7.09. The van der Waals surface area contributed by atoms with E-state index in [1.54, 1.807) is 24.6 Å². The molecule has 0 aliphatic rings. The third-order valence-corrected chi connectivity index (χ3v) is 3.94. The molecule has 0 amide bonds. The Morgan fingerprint density at radius 3 is 2.76 bits per heavy atom. The van der Waals surface area contributed by atoms with Crippen molar-refractivity contribution < 1.29 is 4.52 Å². The summed E-state index contributed by atoms with van der Waals surface area (Å²) in [4.78, 5) is 11.9. The van der Waals surface area contributed by atoms with Gasteiger partial charge in [0.25, 0.3) is 0 Å². The van der Waals surface area contributed by atoms with Crippen LogP contribution in [0.5, 0.6) is 0 Å². The van der Waals surface area contributed by atoms with Crippen molar-refractivity contribution in [2.45, 2.75) is 26.9 Å². The van der Waals surface area contributed by atoms with Gasteiger partial charge in [-0.1, -0.05) is 5.16 Å². The Morgan fingerprint density at radius 1 is 1.48 bits per heavy atom. The van der Waals surface area contributed by atoms with Gasteiger partial charge in [-0.2, -0.15) is 0 Å². The predicted molar refractivity (Wildman–Crippen MR) is 95.2 cm³/mol. The fraction of sp³-hybridized carbons (Fsp3) is 0.462. The van der Waals surface area contributed by atoms with Crippen LogP contribution in [0.2, 0.25) is 0 Å². The minimum atomic E-state index is 0. The molecule has 2 rings (SSSR count). The van der Waals surface area contributed by atoms with Crippen LogP contribution in [0, 0.1) is 13.8 Å². The summed E-state index contributed by atoms with van der Waals surface area (Å²) >= 11 is 1.71. The molecule has 0 bridgehead atoms. The van der Waals surface area contributed by atoms with Gasteiger partial charge in [0, 0.05) is 25.0 Å². The number of nitrogens with one attached hydrogen (secondary N) is 1. The number of aromatic nitrogens is 2. The highest BCUT2D eigenvalue weighted by Gasteiger charge is 2.10. The molecule has 21 heavy (non-hydrogen) atoms. The normalized spacial score (nSPS) is 11.1. The Balaban J connectivity index is 0.00000220. The number of aliphatic imine (C=N–C) groups is 1. The highest BCUT2D eigenvalue weighted by atomic mass is 127. The number of hydrogen-bond donors (Lipinski definition) is 1. The van der Waals surface area contributed by atoms with Crippen molar-refractivity contribution in [3.8, 4) is 0 Å². The standard InChI is InChI=1S/C13H19N5OS.HI/c1-9-12(20-10(2)16-9)7-15-13(14-3)18(4)8-11-5-6-19-17-11;/h5-6H,7-8H2,1-4H3,(H,14,15);1H. The third-order valence-electron chi connectivity index (χ3n) is 2.87. The zero-order valence-electron chi connectivity index (χ0n) is 12.6. The van der Waals surface area contributed by atoms with E-state index in [0.29, 0.717) is 6.54 Å². The molecule has 6 nitrogen and oxygen atoms in total. The first-order valence-corrected chi connectivity index (χ1v) is 7.15. The zero-order chi connectivity index (χ0) is 14.5. The Bertz CT molecular complexity index is 581. The van der Waals surface area contributed by atoms with Gasteiger partial charge in [0.05, 0.1) is 23.8 Å². The molecule has 0 radical (unpaired) electrons. The average Bonchev–Trinajstić information content (AvgIpc) is 3.00. The van der Waals surface area contributed by atoms with E-state index < -0.39 is 0 Å². The molecule has 0 spiro atoms. The quantitative estimate of drug-likeness (QED) is 0.467. The van der Waals surface area contributed by atoms with E-state index in [0.717, 1.165) is 28.9 Å². The van der Waals surface area contributed by atoms with Crippen molar-refractivity contribution in [1.29, 1.82) is 0 Å². The van der Waals surface area contributed by atoms with Crippen LogP contribution in [-0.4, -0.2) is 35.1 Å². The van der Waals surface area contributed by atoms with Crippen molar-refractivity contribution in [2.75, 3.05) is 14.1 Å². The number of guanidine groups is 1. The lowest BCUT2D eigenvalue weighted by molar-refractivity contribution is 0.391. The highest BCUT2D eigenvalue weighted by Crippen LogP contribution is 2.16. The van der Waals surface area contributed by atoms with E-state index in [1.165, 1.54) is 4.88 Å². The lowest BCUT2D eigenvalue weighted by atomic mass is 10.4. The van der Waals surface area contributed by atoms with E-state index in [4.69, 9.17) is 4.52 Å². The van der Waals surface area contributed by atoms with Crippen LogP contribution in [0.1, 0.15) is 21.3 Å². The highest BCUT2D eigenvalue weighted by molar-refractivity contribution is 14.0. The van der Waals surface area contributed by atoms with Crippen molar-refractivity contribution in [3.05, 3.63) is 33.6 Å². The van der Waals surface area contributed by atoms with Crippen LogP contribution in [0.4, 0.5) is 0 Å². The Labute approximate surface area is 145 Å². The van der Waals surface area contributed by atoms with Gasteiger partial charge in [0.2, 0.25) is 0 Å². The molecule has 0 unspecified atom stereocenters. The number of rotatable bonds is 4. The smallest absolute Gasteiger partial charge is 0.194 e. The van der Waals surface area contributed by atoms with Crippen molar-refractivity contribution in [3.63, 3.8) is 0 Å². The van der Waals surface area contributed by atoms with Gasteiger partial charge >= 0.3 is 0 Å². The molecule has 0 saturated heterocycles. The number of aryl methyl sites for hydroxylation is 2. The largest absolute Gasteiger partial charge is 0.364 e. The molecule has 2 heterocycles. The monoisotopic (exact) mass is 421 g/mol. The molecule has 0 aliphatic carbocycles. The average molecular weight is 421 g/mol. The third kappa shape index (κ3) is 4.95. The van der Waals surface area contributed by atoms with Crippen molar-refractivity contribution in [1.82, 2.24) is 20.4 Å². The van der Waals surface area contributed by atoms with Gasteiger partial charge in [0.15, 0.2) is 5.96 Å². The van der Waals surface area contributed by atoms with Crippen LogP contribution >= 0.6 is 35.3 Å². The summed E-state index contributed by atoms with van der Waals surface area (Å²) in [6.07, 6.45) is 1.57. The SMILES string of the molecule is CN=C(NCc1sc(C)nc1C)N(C)Cc1ccon1.I. The van der Waals surface area contributed by atoms with E-state index >= 15 is 0 Å². The summed E-state index contributed by atoms with van der Waals surface area (Å²) in [5.41, 5.74) is 1.95. The molecular weight excluding hydrogens is 401 g/mol. The van der Waals surface area contributed by atoms with E-state index in [-0.39, 0.29) is 24.0 Å². The van der Waals surface area contributed by atoms with E-state index in [9.17, 15) is 0 Å². The van der Waals surface area contributed by atoms with Crippen LogP contribution in [0.25, 0.3) is 0 Å². The van der Waals surface area contributed by atoms with Crippen molar-refractivity contribution >= 4 is 41.3 Å². The summed E-state index contributed by atoms with van der Waals surface area (Å²) in [6.45, 7) is 5.43. The zero-order valence-corrected chi connectivity index (χ0v) is 15.7. The van der Waals surface area contributed by atoms with Gasteiger partial charge in [0.1, 0.15) is 12.0 Å². The molecular formula is C13H20IN5OS. The summed E-state index contributed by atoms with van der Waals surface area (Å²) in [7, 11) is 3.74. The van der Waals surface area contributed by atoms with Gasteiger partial charge in [-0.3, -0.25) is 4.99 Å². The Hall–Kier alpha value is -1.16. The number of nitrogens with zero attached hydrogens (tertiary/aromatic N) is 4. The maximum Gasteiger partial charge on any atom is 0.194 e. The second-order valence-electron chi connectivity index (χ2n) is 4.49. The second kappa shape index (κ2) is 8.32. The van der Waals surface area contributed by atoms with Crippen LogP contribution in [0.15, 0.2) is 21.8 Å². The van der Waals surface area contributed by atoms with Gasteiger partial charge in [-0.25, -0.2) is 4.98 Å². The predicted octanol–water partition coefficient (Wildman–Crippen LogP) is 2.57. The van der Waals surface area contributed by atoms with E-state index in [1.807, 2.05) is 31.9 Å². The summed E-state index contributed by atoms with van der Waals surface area (Å²) in [5, 5.41) is 8.33. The number of hydrogen-bond acceptors (Lipinski definition) is 5. The lowest BCUT2D eigenvalue weighted by Gasteiger charge is -2.20. The van der Waals surface area contributed by atoms with Crippen molar-refractivity contribution in [2.24, 2.45) is 4.99 Å². The molecule has 1 N–H and O–H groups in total. The minimum absolute atomic E-state index is 0. The first-order valence-electron chi connectivity index (χ1n) is 6.34. The second-order valence-corrected chi connectivity index (χ2v) is 5.78. The fourth-order valence-electron chi connectivity index (χ4n) is 1.92. The van der Waals surface area contributed by atoms with Gasteiger partial charge < -0.3 is 14.7 Å². The Morgan fingerprint density at radius 2 is 2.24 bits per heavy atom. The first kappa shape index (κ1) is 17.9. The topological polar surface area (TPSA) is 66.6 Å². The molecule has 0 atom stereocenters. The van der Waals surface area contributed by atoms with E-state index in [2.05, 4.69) is 20.4 Å². The van der Waals surface area contributed by atoms with Crippen LogP contribution in [0.3, 0.4) is 0 Å². The maximum atomic E-state index is 4.83. The van der Waals surface area contributed by atoms with Gasteiger partial charge in [-0.15, -0.1) is 35.3 Å². The molecule has 0 aliphatic heterocycles. The molecule has 0 fully saturated rings. The maximum absolute atomic E-state index is 4.83. The fourth-order valence-corrected chi connectivity index (χ4v) is 2.80. The number of thiazole rings is 1. The lowest BCUT2D eigenvalue weighted by Crippen LogP contribution is -2.38. The van der Waals surface area contributed by atoms with Crippen LogP contribution in [-0.2, 0) is 13.1 Å². The summed E-state index contributed by atoms with van der Waals surface area (Å²) in [6, 6.07) is 1.85. The molecule has 0 saturated carbocycles. The molecule has 0 aromatic carbocycles. The first-order chi connectivity index (χ1) is 9.60. The molecule has 8 heteroatoms. The molecule has 2 aromatic rings. The summed E-state index contributed by atoms with van der Waals surface area (Å²) < 4.78 is 4.83. The molecule has 2 aromatic heterocycles. The minimum Gasteiger partial charge on any atom is -0.364 e. The molecule has 116 valence electrons.